The molecular formula is C4H2N2O4S2. The van der Waals surface area contributed by atoms with Crippen molar-refractivity contribution < 1.29 is 9.90 Å². The van der Waals surface area contributed by atoms with Crippen LogP contribution in [0.3, 0.4) is 0 Å². The van der Waals surface area contributed by atoms with Gasteiger partial charge in [-0.05, 0) is 21.1 Å². The summed E-state index contributed by atoms with van der Waals surface area (Å²) in [5, 5.41) is 12.2. The van der Waals surface area contributed by atoms with Crippen LogP contribution in [0.1, 0.15) is 0 Å². The Bertz CT molecular complexity index is 276. The molecule has 0 aromatic heterocycles. The second-order valence-electron chi connectivity index (χ2n) is 1.77. The van der Waals surface area contributed by atoms with Crippen molar-refractivity contribution in [2.75, 3.05) is 0 Å². The molecule has 1 aliphatic heterocycles. The average molecular weight is 206 g/mol. The van der Waals surface area contributed by atoms with Crippen molar-refractivity contribution in [1.82, 2.24) is 0 Å². The third kappa shape index (κ3) is 1.48. The van der Waals surface area contributed by atoms with Gasteiger partial charge in [0.2, 0.25) is 0 Å². The van der Waals surface area contributed by atoms with Crippen LogP contribution in [-0.2, 0) is 4.79 Å². The fourth-order valence-electron chi connectivity index (χ4n) is 0.601. The third-order valence-corrected chi connectivity index (χ3v) is 3.59. The van der Waals surface area contributed by atoms with Gasteiger partial charge in [0.15, 0.2) is 10.3 Å². The molecule has 0 aromatic carbocycles. The van der Waals surface area contributed by atoms with Gasteiger partial charge >= 0.3 is 5.97 Å². The van der Waals surface area contributed by atoms with E-state index in [1.54, 1.807) is 0 Å². The Morgan fingerprint density at radius 3 is 2.50 bits per heavy atom. The molecule has 1 rings (SSSR count). The SMILES string of the molecule is O=NC1=C(N=O)C(C(=O)O)SS1. The van der Waals surface area contributed by atoms with E-state index in [1.807, 2.05) is 0 Å². The Labute approximate surface area is 74.1 Å². The lowest BCUT2D eigenvalue weighted by Gasteiger charge is -1.97. The number of rotatable bonds is 3. The van der Waals surface area contributed by atoms with E-state index < -0.39 is 11.2 Å². The Kier molecular flexibility index (Phi) is 2.82. The minimum absolute atomic E-state index is 0.151. The first-order valence-electron chi connectivity index (χ1n) is 2.67. The lowest BCUT2D eigenvalue weighted by molar-refractivity contribution is -0.135. The van der Waals surface area contributed by atoms with Crippen molar-refractivity contribution >= 4 is 27.6 Å². The van der Waals surface area contributed by atoms with Crippen molar-refractivity contribution in [2.24, 2.45) is 10.4 Å². The highest BCUT2D eigenvalue weighted by molar-refractivity contribution is 8.79. The van der Waals surface area contributed by atoms with E-state index in [4.69, 9.17) is 5.11 Å². The summed E-state index contributed by atoms with van der Waals surface area (Å²) in [6, 6.07) is 0. The predicted molar refractivity (Wildman–Crippen MR) is 45.2 cm³/mol. The van der Waals surface area contributed by atoms with Gasteiger partial charge in [0.05, 0.1) is 0 Å². The standard InChI is InChI=1S/C4H2N2O4S2/c7-4(8)2-1(5-9)3(6-10)12-11-2/h2H,(H,7,8). The van der Waals surface area contributed by atoms with Crippen LogP contribution in [-0.4, -0.2) is 16.3 Å². The van der Waals surface area contributed by atoms with Gasteiger partial charge in [0, 0.05) is 0 Å². The summed E-state index contributed by atoms with van der Waals surface area (Å²) in [5.41, 5.74) is -0.299. The number of aliphatic carboxylic acids is 1. The molecule has 0 aromatic rings. The van der Waals surface area contributed by atoms with Crippen molar-refractivity contribution in [3.8, 4) is 0 Å². The zero-order valence-corrected chi connectivity index (χ0v) is 7.09. The van der Waals surface area contributed by atoms with Gasteiger partial charge < -0.3 is 5.11 Å². The number of carboxylic acid groups (broad SMARTS) is 1. The molecule has 0 radical (unpaired) electrons. The molecule has 64 valence electrons. The molecule has 12 heavy (non-hydrogen) atoms. The fourth-order valence-corrected chi connectivity index (χ4v) is 2.89. The third-order valence-electron chi connectivity index (χ3n) is 1.10. The number of carbonyl (C=O) groups is 1. The number of hydrogen-bond acceptors (Lipinski definition) is 7. The topological polar surface area (TPSA) is 96.2 Å². The predicted octanol–water partition coefficient (Wildman–Crippen LogP) is 1.54. The summed E-state index contributed by atoms with van der Waals surface area (Å²) >= 11 is 0. The van der Waals surface area contributed by atoms with Crippen LogP contribution >= 0.6 is 21.6 Å². The van der Waals surface area contributed by atoms with Gasteiger partial charge in [-0.3, -0.25) is 4.79 Å². The highest BCUT2D eigenvalue weighted by Crippen LogP contribution is 2.47. The molecule has 0 aliphatic carbocycles. The normalized spacial score (nSPS) is 22.5. The Morgan fingerprint density at radius 1 is 1.42 bits per heavy atom. The molecule has 8 heteroatoms. The summed E-state index contributed by atoms with van der Waals surface area (Å²) in [6.45, 7) is 0. The lowest BCUT2D eigenvalue weighted by Crippen LogP contribution is -2.14. The van der Waals surface area contributed by atoms with Gasteiger partial charge in [-0.25, -0.2) is 0 Å². The summed E-state index contributed by atoms with van der Waals surface area (Å²) < 4.78 is 0. The Balaban J connectivity index is 2.98. The highest BCUT2D eigenvalue weighted by Gasteiger charge is 2.35. The zero-order chi connectivity index (χ0) is 9.14. The lowest BCUT2D eigenvalue weighted by atomic mass is 10.3. The number of hydrogen-bond donors (Lipinski definition) is 1. The fraction of sp³-hybridized carbons (Fsp3) is 0.250. The summed E-state index contributed by atoms with van der Waals surface area (Å²) in [5.74, 6) is -1.19. The first-order chi connectivity index (χ1) is 5.70. The van der Waals surface area contributed by atoms with Crippen molar-refractivity contribution in [3.05, 3.63) is 20.5 Å². The molecule has 0 amide bonds. The quantitative estimate of drug-likeness (QED) is 0.555. The van der Waals surface area contributed by atoms with Crippen LogP contribution in [0.15, 0.2) is 21.1 Å². The first-order valence-corrected chi connectivity index (χ1v) is 4.89. The molecule has 0 saturated carbocycles. The minimum atomic E-state index is -1.19. The Hall–Kier alpha value is -0.890. The molecule has 0 fully saturated rings. The molecule has 6 nitrogen and oxygen atoms in total. The van der Waals surface area contributed by atoms with E-state index in [1.165, 1.54) is 0 Å². The van der Waals surface area contributed by atoms with E-state index >= 15 is 0 Å². The molecule has 1 atom stereocenters. The summed E-state index contributed by atoms with van der Waals surface area (Å²) in [7, 11) is 1.73. The van der Waals surface area contributed by atoms with E-state index in [-0.39, 0.29) is 10.7 Å². The van der Waals surface area contributed by atoms with Crippen LogP contribution in [0, 0.1) is 9.81 Å². The molecular weight excluding hydrogens is 204 g/mol. The van der Waals surface area contributed by atoms with Gasteiger partial charge in [0.1, 0.15) is 5.70 Å². The Morgan fingerprint density at radius 2 is 2.08 bits per heavy atom. The zero-order valence-electron chi connectivity index (χ0n) is 5.46. The molecule has 1 aliphatic rings. The second kappa shape index (κ2) is 3.68. The van der Waals surface area contributed by atoms with Gasteiger partial charge in [-0.2, -0.15) is 0 Å². The number of carboxylic acids is 1. The first kappa shape index (κ1) is 9.20. The highest BCUT2D eigenvalue weighted by atomic mass is 33.1. The smallest absolute Gasteiger partial charge is 0.323 e. The maximum absolute atomic E-state index is 10.4. The minimum Gasteiger partial charge on any atom is -0.480 e. The van der Waals surface area contributed by atoms with Crippen LogP contribution in [0.25, 0.3) is 0 Å². The molecule has 0 saturated heterocycles. The molecule has 1 heterocycles. The van der Waals surface area contributed by atoms with Gasteiger partial charge in [0.25, 0.3) is 0 Å². The molecule has 1 N–H and O–H groups in total. The summed E-state index contributed by atoms with van der Waals surface area (Å²) in [4.78, 5) is 30.5. The maximum atomic E-state index is 10.4. The number of nitroso groups, excluding NO2 is 2. The van der Waals surface area contributed by atoms with Gasteiger partial charge in [-0.1, -0.05) is 10.8 Å². The second-order valence-corrected chi connectivity index (χ2v) is 4.07. The van der Waals surface area contributed by atoms with Crippen LogP contribution in [0.4, 0.5) is 0 Å². The number of nitrogens with zero attached hydrogens (tertiary/aromatic N) is 2. The largest absolute Gasteiger partial charge is 0.480 e. The maximum Gasteiger partial charge on any atom is 0.323 e. The molecule has 1 unspecified atom stereocenters. The van der Waals surface area contributed by atoms with Crippen LogP contribution in [0.2, 0.25) is 0 Å². The van der Waals surface area contributed by atoms with Crippen LogP contribution < -0.4 is 0 Å². The van der Waals surface area contributed by atoms with E-state index in [2.05, 4.69) is 10.4 Å². The van der Waals surface area contributed by atoms with Gasteiger partial charge in [-0.15, -0.1) is 9.81 Å². The average Bonchev–Trinajstić information content (AvgIpc) is 2.46. The summed E-state index contributed by atoms with van der Waals surface area (Å²) in [6.07, 6.45) is 0. The van der Waals surface area contributed by atoms with Crippen molar-refractivity contribution in [2.45, 2.75) is 5.25 Å². The monoisotopic (exact) mass is 206 g/mol. The van der Waals surface area contributed by atoms with E-state index in [0.29, 0.717) is 0 Å². The van der Waals surface area contributed by atoms with Crippen molar-refractivity contribution in [3.63, 3.8) is 0 Å². The van der Waals surface area contributed by atoms with Crippen LogP contribution in [0.5, 0.6) is 0 Å². The van der Waals surface area contributed by atoms with Crippen molar-refractivity contribution in [1.29, 1.82) is 0 Å². The molecule has 0 bridgehead atoms. The van der Waals surface area contributed by atoms with E-state index in [0.717, 1.165) is 21.6 Å². The molecule has 0 spiro atoms. The van der Waals surface area contributed by atoms with E-state index in [9.17, 15) is 14.6 Å².